The molecule has 0 saturated carbocycles. The van der Waals surface area contributed by atoms with Gasteiger partial charge in [-0.1, -0.05) is 23.4 Å². The number of rotatable bonds is 7. The van der Waals surface area contributed by atoms with Gasteiger partial charge in [0, 0.05) is 18.4 Å². The lowest BCUT2D eigenvalue weighted by Gasteiger charge is -2.48. The highest BCUT2D eigenvalue weighted by atomic mass is 32.2. The number of thioether (sulfide) groups is 1. The van der Waals surface area contributed by atoms with Gasteiger partial charge in [-0.05, 0) is 37.6 Å². The minimum absolute atomic E-state index is 0.0374. The Bertz CT molecular complexity index is 1500. The van der Waals surface area contributed by atoms with Crippen LogP contribution in [0.3, 0.4) is 0 Å². The Morgan fingerprint density at radius 2 is 1.76 bits per heavy atom. The monoisotopic (exact) mass is 663 g/mol. The summed E-state index contributed by atoms with van der Waals surface area (Å²) in [5, 5.41) is 50.8. The summed E-state index contributed by atoms with van der Waals surface area (Å²) in [6, 6.07) is 4.66. The molecule has 9 nitrogen and oxygen atoms in total. The van der Waals surface area contributed by atoms with E-state index in [-0.39, 0.29) is 36.3 Å². The molecule has 3 heterocycles. The maximum absolute atomic E-state index is 14.2. The summed E-state index contributed by atoms with van der Waals surface area (Å²) in [5.74, 6) is -4.66. The van der Waals surface area contributed by atoms with Crippen molar-refractivity contribution in [1.29, 1.82) is 0 Å². The number of aromatic nitrogens is 3. The van der Waals surface area contributed by atoms with Crippen molar-refractivity contribution >= 4 is 11.8 Å². The molecular weight excluding hydrogens is 632 g/mol. The number of hydrogen-bond acceptors (Lipinski definition) is 9. The molecule has 7 atom stereocenters. The van der Waals surface area contributed by atoms with Gasteiger partial charge in [0.2, 0.25) is 0 Å². The lowest BCUT2D eigenvalue weighted by Crippen LogP contribution is -2.56. The Balaban J connectivity index is 1.53. The molecule has 3 aromatic rings. The van der Waals surface area contributed by atoms with Crippen LogP contribution in [0.4, 0.5) is 26.3 Å². The van der Waals surface area contributed by atoms with E-state index in [0.29, 0.717) is 23.9 Å². The fourth-order valence-electron chi connectivity index (χ4n) is 5.96. The number of nitrogens with zero attached hydrogens (tertiary/aromatic N) is 3. The highest BCUT2D eigenvalue weighted by molar-refractivity contribution is 8.00. The van der Waals surface area contributed by atoms with E-state index in [1.54, 1.807) is 13.8 Å². The van der Waals surface area contributed by atoms with E-state index in [0.717, 1.165) is 16.9 Å². The van der Waals surface area contributed by atoms with Gasteiger partial charge in [0.1, 0.15) is 35.5 Å². The molecule has 246 valence electrons. The molecule has 5 rings (SSSR count). The van der Waals surface area contributed by atoms with Crippen molar-refractivity contribution in [3.63, 3.8) is 0 Å². The number of hydrogen-bond donors (Lipinski definition) is 4. The molecule has 2 saturated heterocycles. The van der Waals surface area contributed by atoms with Gasteiger partial charge in [-0.3, -0.25) is 0 Å². The van der Waals surface area contributed by atoms with Crippen LogP contribution in [0.2, 0.25) is 0 Å². The van der Waals surface area contributed by atoms with Gasteiger partial charge in [0.15, 0.2) is 17.5 Å². The molecular formula is C29H31F6N3O6S. The molecule has 16 heteroatoms. The SMILES string of the molecule is CC1(C)C[C@@](O)(C(S[C@@H]2O[C@H](CO)[C@H](O)[C@H](n3cc(-c4cc(F)c(F)c(F)c4)nn3)[C@H]2O)c2ccccc2C(F)(F)F)CCO1. The Morgan fingerprint density at radius 1 is 1.09 bits per heavy atom. The number of ether oxygens (including phenoxy) is 2. The van der Waals surface area contributed by atoms with E-state index in [4.69, 9.17) is 9.47 Å². The molecule has 0 bridgehead atoms. The maximum atomic E-state index is 14.2. The summed E-state index contributed by atoms with van der Waals surface area (Å²) in [4.78, 5) is 0. The molecule has 45 heavy (non-hydrogen) atoms. The van der Waals surface area contributed by atoms with Crippen molar-refractivity contribution < 1.29 is 56.2 Å². The molecule has 2 aliphatic rings. The molecule has 1 aromatic heterocycles. The number of aliphatic hydroxyl groups excluding tert-OH is 3. The van der Waals surface area contributed by atoms with Crippen molar-refractivity contribution in [1.82, 2.24) is 15.0 Å². The van der Waals surface area contributed by atoms with Crippen LogP contribution in [0.5, 0.6) is 0 Å². The quantitative estimate of drug-likeness (QED) is 0.218. The number of aliphatic hydroxyl groups is 4. The zero-order chi connectivity index (χ0) is 32.9. The largest absolute Gasteiger partial charge is 0.416 e. The highest BCUT2D eigenvalue weighted by Crippen LogP contribution is 2.53. The topological polar surface area (TPSA) is 130 Å². The average molecular weight is 664 g/mol. The second-order valence-electron chi connectivity index (χ2n) is 11.8. The molecule has 2 fully saturated rings. The predicted octanol–water partition coefficient (Wildman–Crippen LogP) is 4.16. The van der Waals surface area contributed by atoms with Gasteiger partial charge in [-0.15, -0.1) is 16.9 Å². The second-order valence-corrected chi connectivity index (χ2v) is 13.0. The van der Waals surface area contributed by atoms with E-state index in [9.17, 15) is 46.8 Å². The third-order valence-electron chi connectivity index (χ3n) is 8.01. The van der Waals surface area contributed by atoms with E-state index < -0.39 is 82.0 Å². The van der Waals surface area contributed by atoms with Crippen LogP contribution in [0.25, 0.3) is 11.3 Å². The summed E-state index contributed by atoms with van der Waals surface area (Å²) < 4.78 is 96.4. The molecule has 0 radical (unpaired) electrons. The van der Waals surface area contributed by atoms with E-state index in [2.05, 4.69) is 10.3 Å². The van der Waals surface area contributed by atoms with Gasteiger partial charge in [0.05, 0.1) is 41.4 Å². The van der Waals surface area contributed by atoms with Crippen molar-refractivity contribution in [3.05, 3.63) is 71.2 Å². The second kappa shape index (κ2) is 12.5. The minimum Gasteiger partial charge on any atom is -0.394 e. The molecule has 0 amide bonds. The Kier molecular flexibility index (Phi) is 9.32. The minimum atomic E-state index is -4.79. The van der Waals surface area contributed by atoms with Crippen LogP contribution >= 0.6 is 11.8 Å². The summed E-state index contributed by atoms with van der Waals surface area (Å²) in [6.07, 6.45) is -8.51. The first-order valence-corrected chi connectivity index (χ1v) is 14.9. The summed E-state index contributed by atoms with van der Waals surface area (Å²) in [6.45, 7) is 2.65. The Morgan fingerprint density at radius 3 is 2.38 bits per heavy atom. The van der Waals surface area contributed by atoms with Crippen LogP contribution in [-0.2, 0) is 15.7 Å². The third-order valence-corrected chi connectivity index (χ3v) is 9.63. The Hall–Kier alpha value is -2.73. The van der Waals surface area contributed by atoms with E-state index in [1.807, 2.05) is 0 Å². The molecule has 2 aromatic carbocycles. The van der Waals surface area contributed by atoms with Crippen molar-refractivity contribution in [2.75, 3.05) is 13.2 Å². The maximum Gasteiger partial charge on any atom is 0.416 e. The predicted molar refractivity (Wildman–Crippen MR) is 148 cm³/mol. The summed E-state index contributed by atoms with van der Waals surface area (Å²) in [5.41, 5.74) is -5.75. The fourth-order valence-corrected chi connectivity index (χ4v) is 7.57. The van der Waals surface area contributed by atoms with E-state index >= 15 is 0 Å². The van der Waals surface area contributed by atoms with Gasteiger partial charge in [-0.2, -0.15) is 13.2 Å². The highest BCUT2D eigenvalue weighted by Gasteiger charge is 2.53. The lowest BCUT2D eigenvalue weighted by molar-refractivity contribution is -0.179. The molecule has 0 spiro atoms. The Labute approximate surface area is 257 Å². The van der Waals surface area contributed by atoms with Crippen LogP contribution in [0, 0.1) is 17.5 Å². The number of alkyl halides is 3. The molecule has 2 aliphatic heterocycles. The van der Waals surface area contributed by atoms with Crippen LogP contribution in [0.15, 0.2) is 42.6 Å². The molecule has 1 unspecified atom stereocenters. The van der Waals surface area contributed by atoms with Gasteiger partial charge >= 0.3 is 6.18 Å². The zero-order valence-corrected chi connectivity index (χ0v) is 24.8. The lowest BCUT2D eigenvalue weighted by atomic mass is 9.79. The normalized spacial score (nSPS) is 29.5. The average Bonchev–Trinajstić information content (AvgIpc) is 3.44. The number of benzene rings is 2. The standard InChI is InChI=1S/C29H31F6N3O6S/c1-27(2)13-28(42,7-8-43-27)25(15-5-3-4-6-16(15)29(33,34)35)45-26-24(41)22(23(40)20(12-39)44-26)38-11-19(36-37-38)14-9-17(30)21(32)18(31)10-14/h3-6,9-11,20,22-26,39-42H,7-8,12-13H2,1-2H3/t20-,22+,23+,24-,25?,26+,28-/m1/s1. The first-order valence-electron chi connectivity index (χ1n) is 13.9. The number of halogens is 6. The molecule has 0 aliphatic carbocycles. The summed E-state index contributed by atoms with van der Waals surface area (Å²) >= 11 is 0.689. The first-order chi connectivity index (χ1) is 21.0. The van der Waals surface area contributed by atoms with Crippen LogP contribution in [-0.4, -0.2) is 83.6 Å². The third kappa shape index (κ3) is 6.73. The van der Waals surface area contributed by atoms with Gasteiger partial charge < -0.3 is 29.9 Å². The smallest absolute Gasteiger partial charge is 0.394 e. The first kappa shape index (κ1) is 33.6. The van der Waals surface area contributed by atoms with Crippen molar-refractivity contribution in [2.45, 2.75) is 79.1 Å². The van der Waals surface area contributed by atoms with Crippen LogP contribution in [0.1, 0.15) is 49.1 Å². The van der Waals surface area contributed by atoms with Gasteiger partial charge in [0.25, 0.3) is 0 Å². The molecule has 4 N–H and O–H groups in total. The van der Waals surface area contributed by atoms with Crippen LogP contribution < -0.4 is 0 Å². The van der Waals surface area contributed by atoms with Crippen molar-refractivity contribution in [2.24, 2.45) is 0 Å². The zero-order valence-electron chi connectivity index (χ0n) is 24.0. The van der Waals surface area contributed by atoms with E-state index in [1.165, 1.54) is 18.2 Å². The fraction of sp³-hybridized carbons (Fsp3) is 0.517. The van der Waals surface area contributed by atoms with Crippen molar-refractivity contribution in [3.8, 4) is 11.3 Å². The summed E-state index contributed by atoms with van der Waals surface area (Å²) in [7, 11) is 0. The van der Waals surface area contributed by atoms with Gasteiger partial charge in [-0.25, -0.2) is 17.9 Å².